The van der Waals surface area contributed by atoms with Gasteiger partial charge in [-0.15, -0.1) is 0 Å². The van der Waals surface area contributed by atoms with Gasteiger partial charge in [-0.25, -0.2) is 9.37 Å². The third kappa shape index (κ3) is 3.58. The molecule has 4 rings (SSSR count). The summed E-state index contributed by atoms with van der Waals surface area (Å²) in [6, 6.07) is 12.3. The number of methoxy groups -OCH3 is 1. The van der Waals surface area contributed by atoms with E-state index in [1.807, 2.05) is 18.2 Å². The van der Waals surface area contributed by atoms with Gasteiger partial charge in [0.05, 0.1) is 24.6 Å². The van der Waals surface area contributed by atoms with Crippen LogP contribution in [0.4, 0.5) is 10.3 Å². The number of hydrogen-bond acceptors (Lipinski definition) is 4. The number of rotatable bonds is 6. The zero-order chi connectivity index (χ0) is 20.6. The molecule has 0 radical (unpaired) electrons. The number of halogens is 1. The standard InChI is InChI=1S/C22H24FN3O3/c1-22(28,14-7-4-3-5-8-14)13-18(27)25-21-24-16-11-12-17(29-2)19(23)20(16)26(21)15-9-6-10-15/h3-5,7-8,11-12,15,28H,6,9-10,13H2,1-2H3,(H,24,25,27). The van der Waals surface area contributed by atoms with Gasteiger partial charge in [-0.05, 0) is 43.9 Å². The van der Waals surface area contributed by atoms with Crippen LogP contribution >= 0.6 is 0 Å². The number of aliphatic hydroxyl groups is 1. The number of nitrogens with zero attached hydrogens (tertiary/aromatic N) is 2. The predicted octanol–water partition coefficient (Wildman–Crippen LogP) is 4.15. The van der Waals surface area contributed by atoms with Crippen molar-refractivity contribution in [3.05, 3.63) is 53.8 Å². The van der Waals surface area contributed by atoms with Crippen LogP contribution in [0.15, 0.2) is 42.5 Å². The summed E-state index contributed by atoms with van der Waals surface area (Å²) in [4.78, 5) is 17.2. The Morgan fingerprint density at radius 2 is 2.03 bits per heavy atom. The molecule has 2 N–H and O–H groups in total. The van der Waals surface area contributed by atoms with Gasteiger partial charge in [-0.2, -0.15) is 0 Å². The van der Waals surface area contributed by atoms with E-state index in [0.29, 0.717) is 22.5 Å². The van der Waals surface area contributed by atoms with Gasteiger partial charge in [-0.1, -0.05) is 30.3 Å². The zero-order valence-corrected chi connectivity index (χ0v) is 16.5. The molecule has 7 heteroatoms. The molecule has 1 aromatic heterocycles. The maximum atomic E-state index is 15.0. The fraction of sp³-hybridized carbons (Fsp3) is 0.364. The van der Waals surface area contributed by atoms with Gasteiger partial charge in [0, 0.05) is 6.04 Å². The summed E-state index contributed by atoms with van der Waals surface area (Å²) in [5, 5.41) is 13.5. The van der Waals surface area contributed by atoms with Crippen LogP contribution in [0.25, 0.3) is 11.0 Å². The van der Waals surface area contributed by atoms with Gasteiger partial charge >= 0.3 is 0 Å². The van der Waals surface area contributed by atoms with E-state index in [4.69, 9.17) is 4.74 Å². The average molecular weight is 397 g/mol. The zero-order valence-electron chi connectivity index (χ0n) is 16.5. The maximum absolute atomic E-state index is 15.0. The van der Waals surface area contributed by atoms with Crippen LogP contribution in [0.1, 0.15) is 44.2 Å². The number of carbonyl (C=O) groups is 1. The summed E-state index contributed by atoms with van der Waals surface area (Å²) >= 11 is 0. The number of hydrogen-bond donors (Lipinski definition) is 2. The van der Waals surface area contributed by atoms with E-state index in [1.54, 1.807) is 29.7 Å². The lowest BCUT2D eigenvalue weighted by atomic mass is 9.92. The predicted molar refractivity (Wildman–Crippen MR) is 108 cm³/mol. The minimum absolute atomic E-state index is 0.0755. The fourth-order valence-corrected chi connectivity index (χ4v) is 3.76. The van der Waals surface area contributed by atoms with Crippen molar-refractivity contribution in [2.45, 2.75) is 44.2 Å². The molecule has 1 amide bonds. The third-order valence-corrected chi connectivity index (χ3v) is 5.57. The molecule has 0 saturated heterocycles. The summed E-state index contributed by atoms with van der Waals surface area (Å²) in [7, 11) is 1.42. The molecular weight excluding hydrogens is 373 g/mol. The van der Waals surface area contributed by atoms with Crippen LogP contribution < -0.4 is 10.1 Å². The van der Waals surface area contributed by atoms with Crippen molar-refractivity contribution in [3.8, 4) is 5.75 Å². The Morgan fingerprint density at radius 1 is 1.31 bits per heavy atom. The summed E-state index contributed by atoms with van der Waals surface area (Å²) in [6.07, 6.45) is 2.70. The molecule has 1 fully saturated rings. The first kappa shape index (κ1) is 19.4. The van der Waals surface area contributed by atoms with E-state index in [9.17, 15) is 14.3 Å². The minimum Gasteiger partial charge on any atom is -0.494 e. The highest BCUT2D eigenvalue weighted by Gasteiger charge is 2.30. The number of ether oxygens (including phenoxy) is 1. The Balaban J connectivity index is 1.65. The molecule has 2 aromatic carbocycles. The van der Waals surface area contributed by atoms with Gasteiger partial charge in [0.1, 0.15) is 5.52 Å². The van der Waals surface area contributed by atoms with Crippen LogP contribution in [0, 0.1) is 5.82 Å². The topological polar surface area (TPSA) is 76.4 Å². The molecule has 0 spiro atoms. The Hall–Kier alpha value is -2.93. The molecule has 1 aliphatic carbocycles. The Labute approximate surface area is 168 Å². The normalized spacial score (nSPS) is 16.3. The first-order valence-corrected chi connectivity index (χ1v) is 9.73. The lowest BCUT2D eigenvalue weighted by molar-refractivity contribution is -0.120. The number of benzene rings is 2. The van der Waals surface area contributed by atoms with Crippen molar-refractivity contribution in [2.75, 3.05) is 12.4 Å². The van der Waals surface area contributed by atoms with Crippen LogP contribution in [0.3, 0.4) is 0 Å². The van der Waals surface area contributed by atoms with Crippen LogP contribution in [-0.4, -0.2) is 27.7 Å². The second-order valence-corrected chi connectivity index (χ2v) is 7.70. The lowest BCUT2D eigenvalue weighted by Crippen LogP contribution is -2.30. The Morgan fingerprint density at radius 3 is 2.66 bits per heavy atom. The second kappa shape index (κ2) is 7.48. The van der Waals surface area contributed by atoms with Gasteiger partial charge in [0.2, 0.25) is 11.9 Å². The van der Waals surface area contributed by atoms with Gasteiger partial charge in [0.15, 0.2) is 11.6 Å². The van der Waals surface area contributed by atoms with Gasteiger partial charge in [-0.3, -0.25) is 10.1 Å². The van der Waals surface area contributed by atoms with E-state index in [2.05, 4.69) is 10.3 Å². The van der Waals surface area contributed by atoms with E-state index in [-0.39, 0.29) is 24.1 Å². The second-order valence-electron chi connectivity index (χ2n) is 7.70. The highest BCUT2D eigenvalue weighted by molar-refractivity contribution is 5.92. The molecule has 29 heavy (non-hydrogen) atoms. The van der Waals surface area contributed by atoms with Crippen molar-refractivity contribution in [3.63, 3.8) is 0 Å². The molecule has 152 valence electrons. The molecule has 0 aliphatic heterocycles. The van der Waals surface area contributed by atoms with E-state index < -0.39 is 11.4 Å². The summed E-state index contributed by atoms with van der Waals surface area (Å²) < 4.78 is 21.8. The van der Waals surface area contributed by atoms with Crippen LogP contribution in [0.2, 0.25) is 0 Å². The summed E-state index contributed by atoms with van der Waals surface area (Å²) in [5.74, 6) is -0.433. The molecule has 6 nitrogen and oxygen atoms in total. The van der Waals surface area contributed by atoms with Crippen LogP contribution in [-0.2, 0) is 10.4 Å². The number of aromatic nitrogens is 2. The quantitative estimate of drug-likeness (QED) is 0.655. The first-order chi connectivity index (χ1) is 13.9. The van der Waals surface area contributed by atoms with Crippen molar-refractivity contribution in [2.24, 2.45) is 0 Å². The number of nitrogens with one attached hydrogen (secondary N) is 1. The summed E-state index contributed by atoms with van der Waals surface area (Å²) in [5.41, 5.74) is 0.116. The molecule has 0 bridgehead atoms. The molecule has 3 aromatic rings. The minimum atomic E-state index is -1.33. The van der Waals surface area contributed by atoms with Crippen molar-refractivity contribution in [1.29, 1.82) is 0 Å². The van der Waals surface area contributed by atoms with Gasteiger partial charge in [0.25, 0.3) is 0 Å². The first-order valence-electron chi connectivity index (χ1n) is 9.73. The van der Waals surface area contributed by atoms with E-state index in [1.165, 1.54) is 13.2 Å². The van der Waals surface area contributed by atoms with Crippen LogP contribution in [0.5, 0.6) is 5.75 Å². The number of anilines is 1. The summed E-state index contributed by atoms with van der Waals surface area (Å²) in [6.45, 7) is 1.60. The smallest absolute Gasteiger partial charge is 0.229 e. The van der Waals surface area contributed by atoms with E-state index >= 15 is 0 Å². The van der Waals surface area contributed by atoms with Gasteiger partial charge < -0.3 is 14.4 Å². The monoisotopic (exact) mass is 397 g/mol. The number of amides is 1. The molecule has 1 heterocycles. The molecule has 1 unspecified atom stereocenters. The molecular formula is C22H24FN3O3. The number of fused-ring (bicyclic) bond motifs is 1. The lowest BCUT2D eigenvalue weighted by Gasteiger charge is -2.29. The van der Waals surface area contributed by atoms with Crippen molar-refractivity contribution < 1.29 is 19.0 Å². The van der Waals surface area contributed by atoms with Crippen molar-refractivity contribution in [1.82, 2.24) is 9.55 Å². The number of imidazole rings is 1. The molecule has 1 saturated carbocycles. The highest BCUT2D eigenvalue weighted by atomic mass is 19.1. The van der Waals surface area contributed by atoms with E-state index in [0.717, 1.165) is 19.3 Å². The van der Waals surface area contributed by atoms with Crippen molar-refractivity contribution >= 4 is 22.9 Å². The Bertz CT molecular complexity index is 1040. The number of carbonyl (C=O) groups excluding carboxylic acids is 1. The SMILES string of the molecule is COc1ccc2nc(NC(=O)CC(C)(O)c3ccccc3)n(C3CCC3)c2c1F. The fourth-order valence-electron chi connectivity index (χ4n) is 3.76. The average Bonchev–Trinajstić information content (AvgIpc) is 2.99. The third-order valence-electron chi connectivity index (χ3n) is 5.57. The largest absolute Gasteiger partial charge is 0.494 e. The molecule has 1 aliphatic rings. The molecule has 1 atom stereocenters. The highest BCUT2D eigenvalue weighted by Crippen LogP contribution is 2.39. The maximum Gasteiger partial charge on any atom is 0.229 e. The Kier molecular flexibility index (Phi) is 5.00.